The number of hydrogen-bond acceptors (Lipinski definition) is 7. The Morgan fingerprint density at radius 1 is 1.15 bits per heavy atom. The third kappa shape index (κ3) is 5.30. The maximum absolute atomic E-state index is 12.6. The minimum atomic E-state index is -3.90. The van der Waals surface area contributed by atoms with Gasteiger partial charge in [0.15, 0.2) is 5.84 Å². The molecule has 2 aromatic carbocycles. The third-order valence-electron chi connectivity index (χ3n) is 5.85. The summed E-state index contributed by atoms with van der Waals surface area (Å²) < 4.78 is 29.0. The number of carbonyl (C=O) groups excluding carboxylic acids is 1. The topological polar surface area (TPSA) is 134 Å². The summed E-state index contributed by atoms with van der Waals surface area (Å²) in [6.07, 6.45) is 6.59. The average Bonchev–Trinajstić information content (AvgIpc) is 3.11. The fourth-order valence-corrected chi connectivity index (χ4v) is 5.35. The van der Waals surface area contributed by atoms with Crippen molar-refractivity contribution in [1.82, 2.24) is 10.3 Å². The van der Waals surface area contributed by atoms with Gasteiger partial charge in [0, 0.05) is 24.1 Å². The number of fused-ring (bicyclic) bond motifs is 1. The number of nitrogens with zero attached hydrogens (tertiary/aromatic N) is 4. The lowest BCUT2D eigenvalue weighted by Crippen LogP contribution is -2.38. The first-order chi connectivity index (χ1) is 16.3. The van der Waals surface area contributed by atoms with E-state index in [-0.39, 0.29) is 46.9 Å². The zero-order valence-electron chi connectivity index (χ0n) is 18.5. The number of hydrazone groups is 1. The highest BCUT2D eigenvalue weighted by molar-refractivity contribution is 7.90. The summed E-state index contributed by atoms with van der Waals surface area (Å²) >= 11 is 0. The SMILES string of the molecule is O=C(CCN(/N=C\c1ccccc1[N+](=O)[O-])C1=NS(=O)(=O)c2ccccc21)NC1CCCCC1. The number of hydrogen-bond donors (Lipinski definition) is 1. The van der Waals surface area contributed by atoms with Gasteiger partial charge in [-0.1, -0.05) is 43.5 Å². The van der Waals surface area contributed by atoms with E-state index < -0.39 is 14.9 Å². The van der Waals surface area contributed by atoms with Gasteiger partial charge >= 0.3 is 0 Å². The van der Waals surface area contributed by atoms with Crippen LogP contribution in [0.15, 0.2) is 62.9 Å². The Balaban J connectivity index is 1.60. The molecule has 0 radical (unpaired) electrons. The Morgan fingerprint density at radius 2 is 1.85 bits per heavy atom. The molecule has 1 N–H and O–H groups in total. The fraction of sp³-hybridized carbons (Fsp3) is 0.348. The van der Waals surface area contributed by atoms with Crippen molar-refractivity contribution in [3.05, 3.63) is 69.8 Å². The van der Waals surface area contributed by atoms with E-state index in [1.54, 1.807) is 30.3 Å². The molecule has 2 aromatic rings. The number of sulfonamides is 1. The van der Waals surface area contributed by atoms with Crippen molar-refractivity contribution in [2.45, 2.75) is 49.5 Å². The summed E-state index contributed by atoms with van der Waals surface area (Å²) in [6, 6.07) is 12.6. The predicted molar refractivity (Wildman–Crippen MR) is 127 cm³/mol. The maximum atomic E-state index is 12.6. The summed E-state index contributed by atoms with van der Waals surface area (Å²) in [7, 11) is -3.90. The molecule has 11 heteroatoms. The van der Waals surface area contributed by atoms with Crippen LogP contribution in [-0.2, 0) is 14.8 Å². The molecule has 2 aliphatic rings. The second kappa shape index (κ2) is 10.1. The molecule has 0 aromatic heterocycles. The molecule has 1 amide bonds. The average molecular weight is 484 g/mol. The van der Waals surface area contributed by atoms with Crippen LogP contribution in [0.4, 0.5) is 5.69 Å². The highest BCUT2D eigenvalue weighted by atomic mass is 32.2. The van der Waals surface area contributed by atoms with E-state index in [0.29, 0.717) is 5.56 Å². The Labute approximate surface area is 197 Å². The number of carbonyl (C=O) groups is 1. The number of nitrogens with one attached hydrogen (secondary N) is 1. The van der Waals surface area contributed by atoms with Crippen molar-refractivity contribution in [3.63, 3.8) is 0 Å². The van der Waals surface area contributed by atoms with E-state index >= 15 is 0 Å². The first-order valence-corrected chi connectivity index (χ1v) is 12.6. The number of rotatable bonds is 7. The van der Waals surface area contributed by atoms with E-state index in [9.17, 15) is 23.3 Å². The summed E-state index contributed by atoms with van der Waals surface area (Å²) in [5, 5.41) is 20.0. The molecule has 1 heterocycles. The van der Waals surface area contributed by atoms with Gasteiger partial charge in [-0.2, -0.15) is 13.5 Å². The van der Waals surface area contributed by atoms with Crippen LogP contribution in [0.3, 0.4) is 0 Å². The Bertz CT molecular complexity index is 1250. The third-order valence-corrected chi connectivity index (χ3v) is 7.17. The number of para-hydroxylation sites is 1. The molecule has 0 atom stereocenters. The minimum absolute atomic E-state index is 0.0539. The van der Waals surface area contributed by atoms with Crippen LogP contribution in [0.2, 0.25) is 0 Å². The summed E-state index contributed by atoms with van der Waals surface area (Å²) in [4.78, 5) is 23.5. The zero-order chi connectivity index (χ0) is 24.1. The molecular formula is C23H25N5O5S. The molecule has 0 unspecified atom stereocenters. The monoisotopic (exact) mass is 483 g/mol. The highest BCUT2D eigenvalue weighted by Crippen LogP contribution is 2.28. The van der Waals surface area contributed by atoms with Gasteiger partial charge in [-0.3, -0.25) is 14.9 Å². The molecule has 0 bridgehead atoms. The standard InChI is InChI=1S/C23H25N5O5S/c29-22(25-18-9-2-1-3-10-18)14-15-27(24-16-17-8-4-6-12-20(17)28(30)31)23-19-11-5-7-13-21(19)34(32,33)26-23/h4-8,11-13,16,18H,1-3,9-10,14-15H2,(H,25,29)/b24-16-. The lowest BCUT2D eigenvalue weighted by Gasteiger charge is -2.24. The summed E-state index contributed by atoms with van der Waals surface area (Å²) in [5.74, 6) is -0.0802. The molecule has 4 rings (SSSR count). The van der Waals surface area contributed by atoms with Gasteiger partial charge in [0.2, 0.25) is 5.91 Å². The molecule has 1 aliphatic carbocycles. The fourth-order valence-electron chi connectivity index (χ4n) is 4.14. The van der Waals surface area contributed by atoms with Gasteiger partial charge in [-0.05, 0) is 31.0 Å². The molecule has 1 fully saturated rings. The van der Waals surface area contributed by atoms with Gasteiger partial charge in [-0.15, -0.1) is 4.40 Å². The van der Waals surface area contributed by atoms with E-state index in [1.165, 1.54) is 35.8 Å². The Kier molecular flexibility index (Phi) is 7.01. The molecule has 10 nitrogen and oxygen atoms in total. The second-order valence-electron chi connectivity index (χ2n) is 8.22. The molecule has 0 saturated heterocycles. The van der Waals surface area contributed by atoms with Gasteiger partial charge in [0.05, 0.1) is 23.2 Å². The van der Waals surface area contributed by atoms with E-state index in [0.717, 1.165) is 25.7 Å². The normalized spacial score (nSPS) is 17.2. The molecule has 34 heavy (non-hydrogen) atoms. The van der Waals surface area contributed by atoms with Crippen molar-refractivity contribution in [2.75, 3.05) is 6.54 Å². The Morgan fingerprint density at radius 3 is 2.62 bits per heavy atom. The van der Waals surface area contributed by atoms with Crippen LogP contribution in [0.25, 0.3) is 0 Å². The van der Waals surface area contributed by atoms with Crippen molar-refractivity contribution in [3.8, 4) is 0 Å². The maximum Gasteiger partial charge on any atom is 0.285 e. The minimum Gasteiger partial charge on any atom is -0.353 e. The van der Waals surface area contributed by atoms with E-state index in [2.05, 4.69) is 14.8 Å². The smallest absolute Gasteiger partial charge is 0.285 e. The molecular weight excluding hydrogens is 458 g/mol. The van der Waals surface area contributed by atoms with Crippen LogP contribution >= 0.6 is 0 Å². The van der Waals surface area contributed by atoms with Crippen molar-refractivity contribution in [1.29, 1.82) is 0 Å². The van der Waals surface area contributed by atoms with Gasteiger partial charge in [0.25, 0.3) is 15.7 Å². The van der Waals surface area contributed by atoms with Crippen LogP contribution in [0.5, 0.6) is 0 Å². The predicted octanol–water partition coefficient (Wildman–Crippen LogP) is 3.22. The first kappa shape index (κ1) is 23.6. The van der Waals surface area contributed by atoms with Crippen LogP contribution in [0.1, 0.15) is 49.7 Å². The van der Waals surface area contributed by atoms with Crippen molar-refractivity contribution >= 4 is 33.7 Å². The number of nitro benzene ring substituents is 1. The lowest BCUT2D eigenvalue weighted by molar-refractivity contribution is -0.385. The highest BCUT2D eigenvalue weighted by Gasteiger charge is 2.32. The lowest BCUT2D eigenvalue weighted by atomic mass is 9.95. The summed E-state index contributed by atoms with van der Waals surface area (Å²) in [5.41, 5.74) is 0.483. The molecule has 1 saturated carbocycles. The van der Waals surface area contributed by atoms with E-state index in [4.69, 9.17) is 0 Å². The van der Waals surface area contributed by atoms with Crippen molar-refractivity contribution in [2.24, 2.45) is 9.50 Å². The largest absolute Gasteiger partial charge is 0.353 e. The number of amidine groups is 1. The zero-order valence-corrected chi connectivity index (χ0v) is 19.3. The molecule has 0 spiro atoms. The second-order valence-corrected chi connectivity index (χ2v) is 9.79. The van der Waals surface area contributed by atoms with Gasteiger partial charge < -0.3 is 5.32 Å². The Hall–Kier alpha value is -3.60. The van der Waals surface area contributed by atoms with Crippen LogP contribution in [-0.4, -0.2) is 48.9 Å². The number of nitro groups is 1. The summed E-state index contributed by atoms with van der Waals surface area (Å²) in [6.45, 7) is 0.0539. The van der Waals surface area contributed by atoms with Gasteiger partial charge in [0.1, 0.15) is 4.90 Å². The molecule has 1 aliphatic heterocycles. The van der Waals surface area contributed by atoms with E-state index in [1.807, 2.05) is 0 Å². The van der Waals surface area contributed by atoms with Gasteiger partial charge in [-0.25, -0.2) is 5.01 Å². The van der Waals surface area contributed by atoms with Crippen LogP contribution < -0.4 is 5.32 Å². The van der Waals surface area contributed by atoms with Crippen molar-refractivity contribution < 1.29 is 18.1 Å². The van der Waals surface area contributed by atoms with Crippen LogP contribution in [0, 0.1) is 10.1 Å². The quantitative estimate of drug-likeness (QED) is 0.365. The first-order valence-electron chi connectivity index (χ1n) is 11.1. The molecule has 178 valence electrons. The number of benzene rings is 2. The number of amides is 1.